The molecule has 0 atom stereocenters. The van der Waals surface area contributed by atoms with Gasteiger partial charge in [0.25, 0.3) is 5.69 Å². The molecule has 0 saturated carbocycles. The maximum absolute atomic E-state index is 10.8. The summed E-state index contributed by atoms with van der Waals surface area (Å²) in [7, 11) is 1.81. The molecule has 110 valence electrons. The zero-order valence-corrected chi connectivity index (χ0v) is 11.8. The van der Waals surface area contributed by atoms with Crippen LogP contribution in [0.1, 0.15) is 25.8 Å². The van der Waals surface area contributed by atoms with Crippen LogP contribution in [-0.4, -0.2) is 34.5 Å². The normalized spacial score (nSPS) is 11.7. The lowest BCUT2D eigenvalue weighted by atomic mass is 10.1. The minimum Gasteiger partial charge on any atom is -0.409 e. The minimum absolute atomic E-state index is 0.201. The quantitative estimate of drug-likeness (QED) is 0.268. The third-order valence-corrected chi connectivity index (χ3v) is 2.85. The van der Waals surface area contributed by atoms with Crippen molar-refractivity contribution in [3.8, 4) is 0 Å². The largest absolute Gasteiger partial charge is 0.409 e. The Bertz CT molecular complexity index is 516. The Morgan fingerprint density at radius 3 is 2.80 bits per heavy atom. The van der Waals surface area contributed by atoms with Crippen molar-refractivity contribution in [1.29, 1.82) is 0 Å². The van der Waals surface area contributed by atoms with E-state index in [1.54, 1.807) is 0 Å². The molecule has 1 rings (SSSR count). The summed E-state index contributed by atoms with van der Waals surface area (Å²) >= 11 is 0. The van der Waals surface area contributed by atoms with Crippen LogP contribution in [0, 0.1) is 16.0 Å². The molecule has 0 aliphatic carbocycles. The monoisotopic (exact) mass is 281 g/mol. The maximum Gasteiger partial charge on any atom is 0.288 e. The highest BCUT2D eigenvalue weighted by Gasteiger charge is 2.18. The zero-order valence-electron chi connectivity index (χ0n) is 11.8. The molecule has 1 aromatic rings. The predicted octanol–water partition coefficient (Wildman–Crippen LogP) is 1.57. The van der Waals surface area contributed by atoms with Gasteiger partial charge in [0.1, 0.15) is 12.0 Å². The molecular weight excluding hydrogens is 262 g/mol. The Balaban J connectivity index is 3.14. The molecule has 20 heavy (non-hydrogen) atoms. The summed E-state index contributed by atoms with van der Waals surface area (Å²) in [5.41, 5.74) is 5.61. The number of nitro groups is 1. The summed E-state index contributed by atoms with van der Waals surface area (Å²) in [5.74, 6) is 0.766. The van der Waals surface area contributed by atoms with Crippen LogP contribution < -0.4 is 10.6 Å². The fourth-order valence-electron chi connectivity index (χ4n) is 1.65. The van der Waals surface area contributed by atoms with Gasteiger partial charge in [-0.2, -0.15) is 0 Å². The molecule has 0 amide bonds. The van der Waals surface area contributed by atoms with Crippen molar-refractivity contribution in [2.24, 2.45) is 16.8 Å². The lowest BCUT2D eigenvalue weighted by Crippen LogP contribution is -2.26. The SMILES string of the molecule is CC(C)CCN(C)c1ncc([N+](=O)[O-])cc1C(N)=NO. The van der Waals surface area contributed by atoms with E-state index >= 15 is 0 Å². The molecule has 1 aromatic heterocycles. The number of nitrogens with two attached hydrogens (primary N) is 1. The van der Waals surface area contributed by atoms with E-state index in [4.69, 9.17) is 10.9 Å². The second-order valence-electron chi connectivity index (χ2n) is 4.91. The Morgan fingerprint density at radius 2 is 2.30 bits per heavy atom. The van der Waals surface area contributed by atoms with E-state index in [9.17, 15) is 10.1 Å². The van der Waals surface area contributed by atoms with Gasteiger partial charge in [-0.05, 0) is 12.3 Å². The van der Waals surface area contributed by atoms with E-state index in [1.807, 2.05) is 11.9 Å². The number of hydrogen-bond donors (Lipinski definition) is 2. The van der Waals surface area contributed by atoms with Crippen molar-refractivity contribution in [2.45, 2.75) is 20.3 Å². The molecule has 0 unspecified atom stereocenters. The summed E-state index contributed by atoms with van der Waals surface area (Å²) in [5, 5.41) is 22.5. The van der Waals surface area contributed by atoms with Crippen LogP contribution >= 0.6 is 0 Å². The zero-order chi connectivity index (χ0) is 15.3. The number of pyridine rings is 1. The van der Waals surface area contributed by atoms with E-state index < -0.39 is 4.92 Å². The standard InChI is InChI=1S/C12H19N5O3/c1-8(2)4-5-16(3)12-10(11(13)15-18)6-9(7-14-12)17(19)20/h6-8,18H,4-5H2,1-3H3,(H2,13,15). The van der Waals surface area contributed by atoms with Crippen LogP contribution in [0.25, 0.3) is 0 Å². The first-order valence-electron chi connectivity index (χ1n) is 6.20. The van der Waals surface area contributed by atoms with Gasteiger partial charge in [0.05, 0.1) is 10.5 Å². The van der Waals surface area contributed by atoms with Crippen LogP contribution in [0.4, 0.5) is 11.5 Å². The van der Waals surface area contributed by atoms with Gasteiger partial charge in [-0.15, -0.1) is 0 Å². The molecule has 1 heterocycles. The number of oxime groups is 1. The van der Waals surface area contributed by atoms with Crippen molar-refractivity contribution in [2.75, 3.05) is 18.5 Å². The average molecular weight is 281 g/mol. The van der Waals surface area contributed by atoms with Crippen molar-refractivity contribution < 1.29 is 10.1 Å². The molecule has 0 bridgehead atoms. The molecular formula is C12H19N5O3. The molecule has 0 aliphatic rings. The molecule has 8 heteroatoms. The van der Waals surface area contributed by atoms with E-state index in [0.29, 0.717) is 18.3 Å². The fraction of sp³-hybridized carbons (Fsp3) is 0.500. The second kappa shape index (κ2) is 6.69. The van der Waals surface area contributed by atoms with Crippen molar-refractivity contribution in [3.63, 3.8) is 0 Å². The van der Waals surface area contributed by atoms with Gasteiger partial charge in [-0.1, -0.05) is 19.0 Å². The summed E-state index contributed by atoms with van der Waals surface area (Å²) in [4.78, 5) is 16.1. The molecule has 3 N–H and O–H groups in total. The van der Waals surface area contributed by atoms with Gasteiger partial charge in [0.15, 0.2) is 5.84 Å². The number of aromatic nitrogens is 1. The molecule has 0 saturated heterocycles. The molecule has 0 radical (unpaired) electrons. The number of rotatable bonds is 6. The third-order valence-electron chi connectivity index (χ3n) is 2.85. The van der Waals surface area contributed by atoms with Gasteiger partial charge in [-0.25, -0.2) is 4.98 Å². The van der Waals surface area contributed by atoms with Gasteiger partial charge < -0.3 is 15.8 Å². The highest BCUT2D eigenvalue weighted by atomic mass is 16.6. The predicted molar refractivity (Wildman–Crippen MR) is 76.1 cm³/mol. The smallest absolute Gasteiger partial charge is 0.288 e. The van der Waals surface area contributed by atoms with Crippen LogP contribution in [0.2, 0.25) is 0 Å². The average Bonchev–Trinajstić information content (AvgIpc) is 2.42. The van der Waals surface area contributed by atoms with Crippen molar-refractivity contribution in [1.82, 2.24) is 4.98 Å². The van der Waals surface area contributed by atoms with Gasteiger partial charge in [-0.3, -0.25) is 10.1 Å². The Hall–Kier alpha value is -2.38. The Morgan fingerprint density at radius 1 is 1.65 bits per heavy atom. The molecule has 0 spiro atoms. The van der Waals surface area contributed by atoms with E-state index in [0.717, 1.165) is 12.6 Å². The van der Waals surface area contributed by atoms with Crippen LogP contribution in [-0.2, 0) is 0 Å². The molecule has 0 aromatic carbocycles. The molecule has 0 fully saturated rings. The first-order valence-corrected chi connectivity index (χ1v) is 6.20. The van der Waals surface area contributed by atoms with Crippen LogP contribution in [0.5, 0.6) is 0 Å². The topological polar surface area (TPSA) is 118 Å². The van der Waals surface area contributed by atoms with Gasteiger partial charge in [0.2, 0.25) is 0 Å². The molecule has 0 aliphatic heterocycles. The van der Waals surface area contributed by atoms with E-state index in [1.165, 1.54) is 6.07 Å². The highest BCUT2D eigenvalue weighted by Crippen LogP contribution is 2.22. The van der Waals surface area contributed by atoms with Gasteiger partial charge in [0, 0.05) is 19.7 Å². The van der Waals surface area contributed by atoms with E-state index in [-0.39, 0.29) is 17.1 Å². The summed E-state index contributed by atoms with van der Waals surface area (Å²) in [6, 6.07) is 1.25. The Kier molecular flexibility index (Phi) is 5.24. The van der Waals surface area contributed by atoms with Crippen molar-refractivity contribution >= 4 is 17.3 Å². The van der Waals surface area contributed by atoms with Crippen LogP contribution in [0.15, 0.2) is 17.4 Å². The third kappa shape index (κ3) is 3.81. The maximum atomic E-state index is 10.8. The van der Waals surface area contributed by atoms with Gasteiger partial charge >= 0.3 is 0 Å². The van der Waals surface area contributed by atoms with Crippen LogP contribution in [0.3, 0.4) is 0 Å². The molecule has 8 nitrogen and oxygen atoms in total. The number of amidine groups is 1. The lowest BCUT2D eigenvalue weighted by molar-refractivity contribution is -0.385. The Labute approximate surface area is 117 Å². The number of hydrogen-bond acceptors (Lipinski definition) is 6. The summed E-state index contributed by atoms with van der Waals surface area (Å²) in [6.45, 7) is 4.91. The summed E-state index contributed by atoms with van der Waals surface area (Å²) < 4.78 is 0. The summed E-state index contributed by atoms with van der Waals surface area (Å²) in [6.07, 6.45) is 2.10. The van der Waals surface area contributed by atoms with E-state index in [2.05, 4.69) is 24.0 Å². The first kappa shape index (κ1) is 15.7. The minimum atomic E-state index is -0.570. The first-order chi connectivity index (χ1) is 9.36. The number of nitrogens with zero attached hydrogens (tertiary/aromatic N) is 4. The lowest BCUT2D eigenvalue weighted by Gasteiger charge is -2.21. The van der Waals surface area contributed by atoms with Crippen molar-refractivity contribution in [3.05, 3.63) is 27.9 Å². The number of anilines is 1. The second-order valence-corrected chi connectivity index (χ2v) is 4.91. The fourth-order valence-corrected chi connectivity index (χ4v) is 1.65. The highest BCUT2D eigenvalue weighted by molar-refractivity contribution is 6.01.